The third kappa shape index (κ3) is 1.95. The highest BCUT2D eigenvalue weighted by atomic mass is 19.1. The van der Waals surface area contributed by atoms with Gasteiger partial charge in [0.2, 0.25) is 0 Å². The number of hydrogen-bond acceptors (Lipinski definition) is 7. The topological polar surface area (TPSA) is 131 Å². The molecule has 0 spiro atoms. The van der Waals surface area contributed by atoms with E-state index in [0.29, 0.717) is 10.8 Å². The van der Waals surface area contributed by atoms with Crippen LogP contribution in [0.1, 0.15) is 6.23 Å². The lowest BCUT2D eigenvalue weighted by Crippen LogP contribution is -2.47. The van der Waals surface area contributed by atoms with Crippen molar-refractivity contribution in [2.24, 2.45) is 0 Å². The van der Waals surface area contributed by atoms with Crippen LogP contribution in [-0.2, 0) is 4.74 Å². The van der Waals surface area contributed by atoms with Crippen molar-refractivity contribution in [1.29, 1.82) is 0 Å². The van der Waals surface area contributed by atoms with E-state index in [0.717, 1.165) is 0 Å². The number of aliphatic hydroxyl groups is 3. The Bertz CT molecular complexity index is 627. The molecule has 9 heteroatoms. The highest BCUT2D eigenvalue weighted by molar-refractivity contribution is 5.27. The Morgan fingerprint density at radius 2 is 2.35 bits per heavy atom. The van der Waals surface area contributed by atoms with Crippen molar-refractivity contribution in [3.63, 3.8) is 0 Å². The number of nitrogens with zero attached hydrogens (tertiary/aromatic N) is 2. The van der Waals surface area contributed by atoms with Crippen LogP contribution in [0.15, 0.2) is 11.0 Å². The van der Waals surface area contributed by atoms with Gasteiger partial charge in [-0.15, -0.1) is 6.42 Å². The zero-order valence-electron chi connectivity index (χ0n) is 10.1. The monoisotopic (exact) mass is 285 g/mol. The molecule has 5 N–H and O–H groups in total. The van der Waals surface area contributed by atoms with Gasteiger partial charge in [0.25, 0.3) is 0 Å². The van der Waals surface area contributed by atoms with Crippen molar-refractivity contribution in [2.45, 2.75) is 24.0 Å². The van der Waals surface area contributed by atoms with Crippen LogP contribution < -0.4 is 11.4 Å². The first-order valence-electron chi connectivity index (χ1n) is 5.53. The first-order valence-corrected chi connectivity index (χ1v) is 5.53. The molecule has 1 aliphatic heterocycles. The van der Waals surface area contributed by atoms with E-state index >= 15 is 0 Å². The fraction of sp³-hybridized carbons (Fsp3) is 0.455. The summed E-state index contributed by atoms with van der Waals surface area (Å²) in [4.78, 5) is 14.9. The predicted molar refractivity (Wildman–Crippen MR) is 63.7 cm³/mol. The van der Waals surface area contributed by atoms with Crippen LogP contribution in [0.5, 0.6) is 0 Å². The quantitative estimate of drug-likeness (QED) is 0.445. The van der Waals surface area contributed by atoms with Crippen LogP contribution in [0.2, 0.25) is 0 Å². The Hall–Kier alpha value is -1.99. The number of hydrogen-bond donors (Lipinski definition) is 4. The number of nitrogens with two attached hydrogens (primary N) is 1. The molecule has 2 heterocycles. The smallest absolute Gasteiger partial charge is 0.351 e. The molecule has 20 heavy (non-hydrogen) atoms. The van der Waals surface area contributed by atoms with Crippen molar-refractivity contribution in [3.05, 3.63) is 22.5 Å². The van der Waals surface area contributed by atoms with Crippen LogP contribution in [0.4, 0.5) is 10.2 Å². The van der Waals surface area contributed by atoms with Gasteiger partial charge in [0.05, 0.1) is 12.8 Å². The lowest BCUT2D eigenvalue weighted by molar-refractivity contribution is -0.0767. The van der Waals surface area contributed by atoms with E-state index in [2.05, 4.69) is 4.98 Å². The molecule has 2 rings (SSSR count). The standard InChI is InChI=1S/C11H12FN3O5/c1-2-11(19)7(17)6(4-16)20-9(11)15-3-5(12)8(13)14-10(15)18/h1,3,6-7,9,16-17,19H,4H2,(H2,13,14,18)/t6-,7-,9-,11-/m1/s1. The van der Waals surface area contributed by atoms with Crippen molar-refractivity contribution in [2.75, 3.05) is 12.3 Å². The second-order valence-corrected chi connectivity index (χ2v) is 4.29. The molecule has 1 aromatic heterocycles. The second-order valence-electron chi connectivity index (χ2n) is 4.29. The average Bonchev–Trinajstić information content (AvgIpc) is 2.67. The normalized spacial score (nSPS) is 33.0. The van der Waals surface area contributed by atoms with Gasteiger partial charge >= 0.3 is 5.69 Å². The molecule has 1 aromatic rings. The summed E-state index contributed by atoms with van der Waals surface area (Å²) in [5.74, 6) is 0.256. The maximum absolute atomic E-state index is 13.4. The van der Waals surface area contributed by atoms with Crippen LogP contribution in [0.25, 0.3) is 0 Å². The third-order valence-electron chi connectivity index (χ3n) is 3.08. The van der Waals surface area contributed by atoms with Gasteiger partial charge in [0, 0.05) is 0 Å². The number of nitrogen functional groups attached to an aromatic ring is 1. The van der Waals surface area contributed by atoms with Crippen LogP contribution in [-0.4, -0.2) is 49.3 Å². The summed E-state index contributed by atoms with van der Waals surface area (Å²) >= 11 is 0. The number of halogens is 1. The summed E-state index contributed by atoms with van der Waals surface area (Å²) in [6, 6.07) is 0. The Balaban J connectivity index is 2.55. The molecule has 1 fully saturated rings. The van der Waals surface area contributed by atoms with E-state index in [9.17, 15) is 19.4 Å². The van der Waals surface area contributed by atoms with Crippen molar-refractivity contribution in [3.8, 4) is 12.3 Å². The lowest BCUT2D eigenvalue weighted by atomic mass is 9.95. The average molecular weight is 285 g/mol. The minimum Gasteiger partial charge on any atom is -0.394 e. The predicted octanol–water partition coefficient (Wildman–Crippen LogP) is -2.42. The van der Waals surface area contributed by atoms with E-state index in [1.807, 2.05) is 5.92 Å². The molecule has 0 radical (unpaired) electrons. The molecule has 0 unspecified atom stereocenters. The molecule has 0 aromatic carbocycles. The van der Waals surface area contributed by atoms with Crippen molar-refractivity contribution >= 4 is 5.82 Å². The Morgan fingerprint density at radius 3 is 2.90 bits per heavy atom. The van der Waals surface area contributed by atoms with Crippen LogP contribution in [0, 0.1) is 18.2 Å². The second kappa shape index (κ2) is 4.84. The molecule has 4 atom stereocenters. The molecule has 8 nitrogen and oxygen atoms in total. The number of ether oxygens (including phenoxy) is 1. The molecule has 108 valence electrons. The van der Waals surface area contributed by atoms with Gasteiger partial charge in [-0.2, -0.15) is 4.98 Å². The van der Waals surface area contributed by atoms with E-state index < -0.39 is 48.0 Å². The highest BCUT2D eigenvalue weighted by Crippen LogP contribution is 2.37. The van der Waals surface area contributed by atoms with Crippen LogP contribution in [0.3, 0.4) is 0 Å². The number of terminal acetylenes is 1. The lowest BCUT2D eigenvalue weighted by Gasteiger charge is -2.26. The van der Waals surface area contributed by atoms with E-state index in [1.165, 1.54) is 0 Å². The summed E-state index contributed by atoms with van der Waals surface area (Å²) in [6.07, 6.45) is 1.31. The summed E-state index contributed by atoms with van der Waals surface area (Å²) < 4.78 is 19.1. The van der Waals surface area contributed by atoms with Gasteiger partial charge < -0.3 is 25.8 Å². The zero-order valence-corrected chi connectivity index (χ0v) is 10.1. The molecule has 1 saturated heterocycles. The molecule has 0 saturated carbocycles. The fourth-order valence-electron chi connectivity index (χ4n) is 1.98. The Morgan fingerprint density at radius 1 is 1.70 bits per heavy atom. The van der Waals surface area contributed by atoms with Gasteiger partial charge in [-0.05, 0) is 0 Å². The Kier molecular flexibility index (Phi) is 3.49. The molecule has 0 amide bonds. The maximum atomic E-state index is 13.4. The van der Waals surface area contributed by atoms with Gasteiger partial charge in [-0.3, -0.25) is 4.57 Å². The van der Waals surface area contributed by atoms with Gasteiger partial charge in [0.1, 0.15) is 12.2 Å². The molecular formula is C11H12FN3O5. The molecule has 0 bridgehead atoms. The maximum Gasteiger partial charge on any atom is 0.351 e. The van der Waals surface area contributed by atoms with Gasteiger partial charge in [-0.25, -0.2) is 9.18 Å². The number of rotatable bonds is 2. The summed E-state index contributed by atoms with van der Waals surface area (Å²) in [5, 5.41) is 29.1. The molecule has 1 aliphatic rings. The third-order valence-corrected chi connectivity index (χ3v) is 3.08. The minimum atomic E-state index is -2.32. The Labute approximate surface area is 112 Å². The number of aromatic nitrogens is 2. The first-order chi connectivity index (χ1) is 9.35. The summed E-state index contributed by atoms with van der Waals surface area (Å²) in [7, 11) is 0. The summed E-state index contributed by atoms with van der Waals surface area (Å²) in [6.45, 7) is -0.651. The van der Waals surface area contributed by atoms with E-state index in [1.54, 1.807) is 0 Å². The first kappa shape index (κ1) is 14.4. The van der Waals surface area contributed by atoms with E-state index in [4.69, 9.17) is 22.0 Å². The molecule has 0 aliphatic carbocycles. The van der Waals surface area contributed by atoms with E-state index in [-0.39, 0.29) is 0 Å². The number of anilines is 1. The number of aliphatic hydroxyl groups excluding tert-OH is 2. The van der Waals surface area contributed by atoms with Crippen molar-refractivity contribution < 1.29 is 24.4 Å². The largest absolute Gasteiger partial charge is 0.394 e. The van der Waals surface area contributed by atoms with Crippen molar-refractivity contribution in [1.82, 2.24) is 9.55 Å². The summed E-state index contributed by atoms with van der Waals surface area (Å²) in [5.41, 5.74) is 1.80. The highest BCUT2D eigenvalue weighted by Gasteiger charge is 2.55. The zero-order chi connectivity index (χ0) is 15.1. The van der Waals surface area contributed by atoms with Crippen LogP contribution >= 0.6 is 0 Å². The molecular weight excluding hydrogens is 273 g/mol. The van der Waals surface area contributed by atoms with Gasteiger partial charge in [0.15, 0.2) is 23.5 Å². The van der Waals surface area contributed by atoms with Gasteiger partial charge in [-0.1, -0.05) is 5.92 Å². The SMILES string of the molecule is C#C[C@@]1(O)[C@H](O)[C@@H](CO)O[C@H]1n1cc(F)c(N)nc1=O. The fourth-order valence-corrected chi connectivity index (χ4v) is 1.98. The minimum absolute atomic E-state index is 0.574.